The number of piperidine rings is 3. The van der Waals surface area contributed by atoms with Gasteiger partial charge >= 0.3 is 0 Å². The van der Waals surface area contributed by atoms with Gasteiger partial charge < -0.3 is 15.0 Å². The molecule has 2 bridgehead atoms. The molecule has 5 rings (SSSR count). The molecule has 0 saturated carbocycles. The molecular weight excluding hydrogens is 376 g/mol. The number of fused-ring (bicyclic) bond motifs is 3. The Bertz CT molecular complexity index is 698. The molecular formula is C21H25BrN2O. The summed E-state index contributed by atoms with van der Waals surface area (Å²) >= 11 is 3.60. The van der Waals surface area contributed by atoms with E-state index in [1.54, 1.807) is 0 Å². The maximum Gasteiger partial charge on any atom is 0.124 e. The van der Waals surface area contributed by atoms with Crippen molar-refractivity contribution in [2.75, 3.05) is 19.6 Å². The third kappa shape index (κ3) is 4.25. The predicted molar refractivity (Wildman–Crippen MR) is 105 cm³/mol. The van der Waals surface area contributed by atoms with E-state index < -0.39 is 0 Å². The average molecular weight is 401 g/mol. The Morgan fingerprint density at radius 3 is 2.60 bits per heavy atom. The van der Waals surface area contributed by atoms with E-state index in [1.165, 1.54) is 43.6 Å². The van der Waals surface area contributed by atoms with Gasteiger partial charge in [0.25, 0.3) is 0 Å². The first-order chi connectivity index (χ1) is 12.3. The third-order valence-electron chi connectivity index (χ3n) is 5.47. The average Bonchev–Trinajstić information content (AvgIpc) is 2.67. The van der Waals surface area contributed by atoms with Crippen molar-refractivity contribution >= 4 is 15.9 Å². The maximum absolute atomic E-state index is 6.11. The van der Waals surface area contributed by atoms with Gasteiger partial charge in [-0.15, -0.1) is 0 Å². The Morgan fingerprint density at radius 1 is 1.08 bits per heavy atom. The van der Waals surface area contributed by atoms with Crippen LogP contribution in [0.3, 0.4) is 0 Å². The maximum atomic E-state index is 6.11. The lowest BCUT2D eigenvalue weighted by Crippen LogP contribution is -2.55. The second-order valence-corrected chi connectivity index (χ2v) is 8.07. The van der Waals surface area contributed by atoms with Gasteiger partial charge in [-0.1, -0.05) is 46.3 Å². The van der Waals surface area contributed by atoms with Crippen LogP contribution in [0.5, 0.6) is 5.75 Å². The van der Waals surface area contributed by atoms with Crippen LogP contribution in [0.15, 0.2) is 53.0 Å². The molecule has 2 aromatic rings. The SMILES string of the molecule is Brc1ccc(OCc2ccccc2)c(CNC2CN3CCC2CC3)c1. The quantitative estimate of drug-likeness (QED) is 0.785. The van der Waals surface area contributed by atoms with E-state index in [4.69, 9.17) is 4.74 Å². The molecule has 1 unspecified atom stereocenters. The lowest BCUT2D eigenvalue weighted by molar-refractivity contribution is 0.0718. The van der Waals surface area contributed by atoms with Crippen molar-refractivity contribution in [3.05, 3.63) is 64.1 Å². The second kappa shape index (κ2) is 7.90. The minimum absolute atomic E-state index is 0.606. The first kappa shape index (κ1) is 17.1. The molecule has 3 heterocycles. The van der Waals surface area contributed by atoms with E-state index in [0.717, 1.165) is 22.7 Å². The van der Waals surface area contributed by atoms with Crippen LogP contribution >= 0.6 is 15.9 Å². The fourth-order valence-corrected chi connectivity index (χ4v) is 4.41. The van der Waals surface area contributed by atoms with E-state index in [0.29, 0.717) is 12.6 Å². The van der Waals surface area contributed by atoms with Gasteiger partial charge in [-0.05, 0) is 55.6 Å². The van der Waals surface area contributed by atoms with Gasteiger partial charge in [0.1, 0.15) is 12.4 Å². The van der Waals surface area contributed by atoms with Crippen molar-refractivity contribution < 1.29 is 4.74 Å². The monoisotopic (exact) mass is 400 g/mol. The minimum Gasteiger partial charge on any atom is -0.489 e. The highest BCUT2D eigenvalue weighted by atomic mass is 79.9. The van der Waals surface area contributed by atoms with Gasteiger partial charge in [0.15, 0.2) is 0 Å². The Kier molecular flexibility index (Phi) is 5.39. The number of benzene rings is 2. The second-order valence-electron chi connectivity index (χ2n) is 7.15. The largest absolute Gasteiger partial charge is 0.489 e. The summed E-state index contributed by atoms with van der Waals surface area (Å²) < 4.78 is 7.21. The van der Waals surface area contributed by atoms with E-state index >= 15 is 0 Å². The Hall–Kier alpha value is -1.36. The molecule has 0 aliphatic carbocycles. The molecule has 3 saturated heterocycles. The first-order valence-electron chi connectivity index (χ1n) is 9.19. The van der Waals surface area contributed by atoms with Crippen molar-refractivity contribution in [3.63, 3.8) is 0 Å². The summed E-state index contributed by atoms with van der Waals surface area (Å²) in [6.45, 7) is 5.23. The standard InChI is InChI=1S/C21H25BrN2O/c22-19-6-7-21(25-15-16-4-2-1-3-5-16)18(12-19)13-23-20-14-24-10-8-17(20)9-11-24/h1-7,12,17,20,23H,8-11,13-15H2. The van der Waals surface area contributed by atoms with Crippen LogP contribution in [0.4, 0.5) is 0 Å². The van der Waals surface area contributed by atoms with Crippen molar-refractivity contribution in [1.82, 2.24) is 10.2 Å². The smallest absolute Gasteiger partial charge is 0.124 e. The van der Waals surface area contributed by atoms with Crippen LogP contribution in [0.1, 0.15) is 24.0 Å². The lowest BCUT2D eigenvalue weighted by Gasteiger charge is -2.45. The molecule has 1 N–H and O–H groups in total. The zero-order valence-corrected chi connectivity index (χ0v) is 16.0. The normalized spacial score (nSPS) is 25.1. The van der Waals surface area contributed by atoms with Crippen LogP contribution in [-0.2, 0) is 13.2 Å². The van der Waals surface area contributed by atoms with E-state index in [1.807, 2.05) is 6.07 Å². The van der Waals surface area contributed by atoms with Gasteiger partial charge in [0.2, 0.25) is 0 Å². The molecule has 0 radical (unpaired) electrons. The van der Waals surface area contributed by atoms with Crippen molar-refractivity contribution in [1.29, 1.82) is 0 Å². The summed E-state index contributed by atoms with van der Waals surface area (Å²) in [7, 11) is 0. The number of nitrogens with zero attached hydrogens (tertiary/aromatic N) is 1. The zero-order valence-electron chi connectivity index (χ0n) is 14.5. The van der Waals surface area contributed by atoms with Crippen molar-refractivity contribution in [2.24, 2.45) is 5.92 Å². The van der Waals surface area contributed by atoms with Gasteiger partial charge in [-0.2, -0.15) is 0 Å². The highest BCUT2D eigenvalue weighted by molar-refractivity contribution is 9.10. The van der Waals surface area contributed by atoms with Gasteiger partial charge in [-0.3, -0.25) is 0 Å². The van der Waals surface area contributed by atoms with Gasteiger partial charge in [0, 0.05) is 29.2 Å². The van der Waals surface area contributed by atoms with Crippen molar-refractivity contribution in [2.45, 2.75) is 32.0 Å². The molecule has 3 nitrogen and oxygen atoms in total. The summed E-state index contributed by atoms with van der Waals surface area (Å²) in [6, 6.07) is 17.3. The molecule has 0 amide bonds. The molecule has 4 heteroatoms. The first-order valence-corrected chi connectivity index (χ1v) is 9.98. The summed E-state index contributed by atoms with van der Waals surface area (Å²) in [6.07, 6.45) is 2.68. The Balaban J connectivity index is 1.41. The molecule has 132 valence electrons. The highest BCUT2D eigenvalue weighted by Gasteiger charge is 2.33. The molecule has 2 aromatic carbocycles. The van der Waals surface area contributed by atoms with Crippen LogP contribution in [-0.4, -0.2) is 30.6 Å². The van der Waals surface area contributed by atoms with E-state index in [-0.39, 0.29) is 0 Å². The minimum atomic E-state index is 0.606. The number of halogens is 1. The number of nitrogens with one attached hydrogen (secondary N) is 1. The zero-order chi connectivity index (χ0) is 17.1. The van der Waals surface area contributed by atoms with Gasteiger partial charge in [0.05, 0.1) is 0 Å². The van der Waals surface area contributed by atoms with E-state index in [2.05, 4.69) is 68.6 Å². The highest BCUT2D eigenvalue weighted by Crippen LogP contribution is 2.29. The topological polar surface area (TPSA) is 24.5 Å². The van der Waals surface area contributed by atoms with E-state index in [9.17, 15) is 0 Å². The van der Waals surface area contributed by atoms with Crippen LogP contribution in [0.25, 0.3) is 0 Å². The Morgan fingerprint density at radius 2 is 1.88 bits per heavy atom. The molecule has 3 fully saturated rings. The fraction of sp³-hybridized carbons (Fsp3) is 0.429. The summed E-state index contributed by atoms with van der Waals surface area (Å²) in [5.74, 6) is 1.81. The number of hydrogen-bond donors (Lipinski definition) is 1. The summed E-state index contributed by atoms with van der Waals surface area (Å²) in [4.78, 5) is 2.59. The molecule has 25 heavy (non-hydrogen) atoms. The number of hydrogen-bond acceptors (Lipinski definition) is 3. The molecule has 3 aliphatic rings. The summed E-state index contributed by atoms with van der Waals surface area (Å²) in [5, 5.41) is 3.79. The summed E-state index contributed by atoms with van der Waals surface area (Å²) in [5.41, 5.74) is 2.42. The Labute approximate surface area is 158 Å². The number of rotatable bonds is 6. The van der Waals surface area contributed by atoms with Crippen LogP contribution in [0.2, 0.25) is 0 Å². The van der Waals surface area contributed by atoms with Crippen LogP contribution < -0.4 is 10.1 Å². The number of ether oxygens (including phenoxy) is 1. The molecule has 1 atom stereocenters. The van der Waals surface area contributed by atoms with Gasteiger partial charge in [-0.25, -0.2) is 0 Å². The molecule has 0 spiro atoms. The fourth-order valence-electron chi connectivity index (χ4n) is 4.00. The predicted octanol–water partition coefficient (Wildman–Crippen LogP) is 4.21. The lowest BCUT2D eigenvalue weighted by atomic mass is 9.84. The molecule has 0 aromatic heterocycles. The van der Waals surface area contributed by atoms with Crippen molar-refractivity contribution in [3.8, 4) is 5.75 Å². The van der Waals surface area contributed by atoms with Crippen LogP contribution in [0, 0.1) is 5.92 Å². The molecule has 3 aliphatic heterocycles. The third-order valence-corrected chi connectivity index (χ3v) is 5.96.